The highest BCUT2D eigenvalue weighted by molar-refractivity contribution is 5.73. The van der Waals surface area contributed by atoms with E-state index in [0.717, 1.165) is 48.9 Å². The minimum Gasteiger partial charge on any atom is -0.357 e. The number of amides is 2. The molecule has 2 aliphatic rings. The zero-order chi connectivity index (χ0) is 19.2. The molecule has 148 valence electrons. The second kappa shape index (κ2) is 8.91. The van der Waals surface area contributed by atoms with E-state index in [2.05, 4.69) is 42.5 Å². The van der Waals surface area contributed by atoms with Gasteiger partial charge in [-0.25, -0.2) is 14.8 Å². The monoisotopic (exact) mass is 380 g/mol. The summed E-state index contributed by atoms with van der Waals surface area (Å²) < 4.78 is 0. The van der Waals surface area contributed by atoms with Gasteiger partial charge in [0.1, 0.15) is 11.6 Å². The van der Waals surface area contributed by atoms with E-state index in [9.17, 15) is 4.79 Å². The number of anilines is 2. The molecule has 2 saturated heterocycles. The maximum Gasteiger partial charge on any atom is 0.315 e. The van der Waals surface area contributed by atoms with E-state index in [1.807, 2.05) is 24.5 Å². The summed E-state index contributed by atoms with van der Waals surface area (Å²) in [4.78, 5) is 25.7. The number of pyridine rings is 2. The van der Waals surface area contributed by atoms with E-state index in [1.54, 1.807) is 0 Å². The summed E-state index contributed by atoms with van der Waals surface area (Å²) in [5.74, 6) is 2.01. The largest absolute Gasteiger partial charge is 0.357 e. The minimum atomic E-state index is -0.168. The van der Waals surface area contributed by atoms with Crippen LogP contribution >= 0.6 is 0 Å². The zero-order valence-corrected chi connectivity index (χ0v) is 16.2. The van der Waals surface area contributed by atoms with E-state index in [0.29, 0.717) is 13.1 Å². The quantitative estimate of drug-likeness (QED) is 0.806. The average molecular weight is 380 g/mol. The molecule has 0 saturated carbocycles. The molecular weight excluding hydrogens is 352 g/mol. The lowest BCUT2D eigenvalue weighted by molar-refractivity contribution is 0.240. The first kappa shape index (κ1) is 18.5. The summed E-state index contributed by atoms with van der Waals surface area (Å²) in [6.07, 6.45) is 8.53. The highest BCUT2D eigenvalue weighted by atomic mass is 16.2. The Kier molecular flexibility index (Phi) is 5.89. The molecule has 4 heterocycles. The van der Waals surface area contributed by atoms with Gasteiger partial charge >= 0.3 is 6.03 Å². The van der Waals surface area contributed by atoms with Crippen molar-refractivity contribution in [3.8, 4) is 0 Å². The molecule has 2 fully saturated rings. The normalized spacial score (nSPS) is 16.4. The molecule has 7 nitrogen and oxygen atoms in total. The van der Waals surface area contributed by atoms with Gasteiger partial charge in [-0.3, -0.25) is 0 Å². The van der Waals surface area contributed by atoms with Gasteiger partial charge in [-0.2, -0.15) is 0 Å². The van der Waals surface area contributed by atoms with Gasteiger partial charge in [-0.15, -0.1) is 0 Å². The molecule has 0 spiro atoms. The smallest absolute Gasteiger partial charge is 0.315 e. The topological polar surface area (TPSA) is 73.4 Å². The van der Waals surface area contributed by atoms with Crippen LogP contribution in [0.15, 0.2) is 36.7 Å². The molecule has 0 aliphatic carbocycles. The maximum absolute atomic E-state index is 12.2. The lowest BCUT2D eigenvalue weighted by atomic mass is 10.2. The highest BCUT2D eigenvalue weighted by Gasteiger charge is 2.15. The van der Waals surface area contributed by atoms with Crippen molar-refractivity contribution in [2.75, 3.05) is 36.0 Å². The first-order valence-corrected chi connectivity index (χ1v) is 10.2. The molecule has 4 rings (SSSR count). The molecule has 0 radical (unpaired) electrons. The fourth-order valence-corrected chi connectivity index (χ4v) is 3.81. The van der Waals surface area contributed by atoms with Gasteiger partial charge in [0, 0.05) is 51.7 Å². The number of aromatic nitrogens is 2. The standard InChI is InChI=1S/C21H28N6O/c28-21(24-15-17-5-7-22-19(13-17)26-9-1-2-10-26)25-16-18-6-8-23-20(14-18)27-11-3-4-12-27/h5-8,13-14H,1-4,9-12,15-16H2,(H2,24,25,28). The third-order valence-corrected chi connectivity index (χ3v) is 5.39. The Bertz CT molecular complexity index is 733. The lowest BCUT2D eigenvalue weighted by Gasteiger charge is -2.17. The second-order valence-electron chi connectivity index (χ2n) is 7.47. The predicted molar refractivity (Wildman–Crippen MR) is 110 cm³/mol. The van der Waals surface area contributed by atoms with Crippen LogP contribution in [0.1, 0.15) is 36.8 Å². The summed E-state index contributed by atoms with van der Waals surface area (Å²) in [5, 5.41) is 5.87. The van der Waals surface area contributed by atoms with Crippen molar-refractivity contribution in [1.82, 2.24) is 20.6 Å². The van der Waals surface area contributed by atoms with E-state index in [1.165, 1.54) is 25.7 Å². The van der Waals surface area contributed by atoms with Crippen molar-refractivity contribution in [3.63, 3.8) is 0 Å². The average Bonchev–Trinajstić information content (AvgIpc) is 3.45. The molecule has 0 atom stereocenters. The van der Waals surface area contributed by atoms with Gasteiger partial charge in [0.25, 0.3) is 0 Å². The minimum absolute atomic E-state index is 0.168. The van der Waals surface area contributed by atoms with Crippen LogP contribution in [0.25, 0.3) is 0 Å². The van der Waals surface area contributed by atoms with Crippen molar-refractivity contribution in [1.29, 1.82) is 0 Å². The summed E-state index contributed by atoms with van der Waals surface area (Å²) >= 11 is 0. The van der Waals surface area contributed by atoms with Crippen molar-refractivity contribution in [2.45, 2.75) is 38.8 Å². The van der Waals surface area contributed by atoms with Gasteiger partial charge in [0.2, 0.25) is 0 Å². The zero-order valence-electron chi connectivity index (χ0n) is 16.2. The first-order valence-electron chi connectivity index (χ1n) is 10.2. The van der Waals surface area contributed by atoms with Crippen molar-refractivity contribution in [3.05, 3.63) is 47.8 Å². The SMILES string of the molecule is O=C(NCc1ccnc(N2CCCC2)c1)NCc1ccnc(N2CCCC2)c1. The predicted octanol–water partition coefficient (Wildman–Crippen LogP) is 2.68. The molecule has 0 bridgehead atoms. The summed E-state index contributed by atoms with van der Waals surface area (Å²) in [6, 6.07) is 7.86. The first-order chi connectivity index (χ1) is 13.8. The van der Waals surface area contributed by atoms with Gasteiger partial charge in [0.05, 0.1) is 0 Å². The van der Waals surface area contributed by atoms with Crippen LogP contribution in [0, 0.1) is 0 Å². The molecular formula is C21H28N6O. The van der Waals surface area contributed by atoms with Crippen LogP contribution < -0.4 is 20.4 Å². The third kappa shape index (κ3) is 4.71. The number of nitrogens with zero attached hydrogens (tertiary/aromatic N) is 4. The van der Waals surface area contributed by atoms with Gasteiger partial charge < -0.3 is 20.4 Å². The van der Waals surface area contributed by atoms with Crippen molar-refractivity contribution < 1.29 is 4.79 Å². The van der Waals surface area contributed by atoms with E-state index >= 15 is 0 Å². The number of hydrogen-bond donors (Lipinski definition) is 2. The number of nitrogens with one attached hydrogen (secondary N) is 2. The molecule has 2 N–H and O–H groups in total. The number of carbonyl (C=O) groups excluding carboxylic acids is 1. The molecule has 2 amide bonds. The Morgan fingerprint density at radius 2 is 1.21 bits per heavy atom. The second-order valence-corrected chi connectivity index (χ2v) is 7.47. The molecule has 2 aromatic heterocycles. The maximum atomic E-state index is 12.2. The Labute approximate surface area is 166 Å². The fraction of sp³-hybridized carbons (Fsp3) is 0.476. The number of urea groups is 1. The van der Waals surface area contributed by atoms with Crippen LogP contribution in [0.5, 0.6) is 0 Å². The molecule has 28 heavy (non-hydrogen) atoms. The molecule has 2 aliphatic heterocycles. The third-order valence-electron chi connectivity index (χ3n) is 5.39. The van der Waals surface area contributed by atoms with Gasteiger partial charge in [0.15, 0.2) is 0 Å². The van der Waals surface area contributed by atoms with Gasteiger partial charge in [-0.1, -0.05) is 0 Å². The Hall–Kier alpha value is -2.83. The molecule has 2 aromatic rings. The summed E-state index contributed by atoms with van der Waals surface area (Å²) in [7, 11) is 0. The van der Waals surface area contributed by atoms with Crippen LogP contribution in [-0.4, -0.2) is 42.2 Å². The van der Waals surface area contributed by atoms with E-state index in [-0.39, 0.29) is 6.03 Å². The number of rotatable bonds is 6. The van der Waals surface area contributed by atoms with Crippen LogP contribution in [-0.2, 0) is 13.1 Å². The van der Waals surface area contributed by atoms with Gasteiger partial charge in [-0.05, 0) is 61.1 Å². The number of carbonyl (C=O) groups is 1. The van der Waals surface area contributed by atoms with Crippen molar-refractivity contribution >= 4 is 17.7 Å². The van der Waals surface area contributed by atoms with E-state index in [4.69, 9.17) is 0 Å². The van der Waals surface area contributed by atoms with Crippen molar-refractivity contribution in [2.24, 2.45) is 0 Å². The fourth-order valence-electron chi connectivity index (χ4n) is 3.81. The Morgan fingerprint density at radius 1 is 0.786 bits per heavy atom. The summed E-state index contributed by atoms with van der Waals surface area (Å²) in [6.45, 7) is 5.24. The molecule has 0 aromatic carbocycles. The van der Waals surface area contributed by atoms with E-state index < -0.39 is 0 Å². The van der Waals surface area contributed by atoms with Crippen LogP contribution in [0.4, 0.5) is 16.4 Å². The van der Waals surface area contributed by atoms with Crippen LogP contribution in [0.2, 0.25) is 0 Å². The lowest BCUT2D eigenvalue weighted by Crippen LogP contribution is -2.34. The van der Waals surface area contributed by atoms with Crippen LogP contribution in [0.3, 0.4) is 0 Å². The highest BCUT2D eigenvalue weighted by Crippen LogP contribution is 2.19. The Morgan fingerprint density at radius 3 is 1.64 bits per heavy atom. The summed E-state index contributed by atoms with van der Waals surface area (Å²) in [5.41, 5.74) is 2.12. The Balaban J connectivity index is 1.26. The molecule has 7 heteroatoms. The molecule has 0 unspecified atom stereocenters. The number of hydrogen-bond acceptors (Lipinski definition) is 5.